The molecule has 4 nitrogen and oxygen atoms in total. The lowest BCUT2D eigenvalue weighted by molar-refractivity contribution is -0.122. The van der Waals surface area contributed by atoms with E-state index in [4.69, 9.17) is 4.74 Å². The van der Waals surface area contributed by atoms with Crippen molar-refractivity contribution in [3.05, 3.63) is 24.3 Å². The molecule has 0 bridgehead atoms. The van der Waals surface area contributed by atoms with Crippen molar-refractivity contribution in [1.82, 2.24) is 0 Å². The van der Waals surface area contributed by atoms with Gasteiger partial charge >= 0.3 is 0 Å². The summed E-state index contributed by atoms with van der Waals surface area (Å²) in [6.07, 6.45) is 1.99. The minimum Gasteiger partial charge on any atom is -0.486 e. The number of hydrogen-bond acceptors (Lipinski definition) is 3. The largest absolute Gasteiger partial charge is 0.486 e. The molecule has 0 aliphatic heterocycles. The number of hydrogen-bond donors (Lipinski definition) is 1. The summed E-state index contributed by atoms with van der Waals surface area (Å²) in [6, 6.07) is 7.03. The Bertz CT molecular complexity index is 438. The highest BCUT2D eigenvalue weighted by atomic mass is 16.5. The van der Waals surface area contributed by atoms with Crippen LogP contribution in [0.25, 0.3) is 0 Å². The normalized spacial score (nSPS) is 14.2. The standard InChI is InChI=1S/C13H15NO3/c1-9(15)14-11-3-2-4-12(7-11)17-8-13(16)10-5-6-10/h2-4,7,10H,5-6,8H2,1H3,(H,14,15). The summed E-state index contributed by atoms with van der Waals surface area (Å²) >= 11 is 0. The van der Waals surface area contributed by atoms with Gasteiger partial charge in [-0.3, -0.25) is 9.59 Å². The van der Waals surface area contributed by atoms with Gasteiger partial charge in [-0.15, -0.1) is 0 Å². The van der Waals surface area contributed by atoms with E-state index in [-0.39, 0.29) is 24.2 Å². The number of anilines is 1. The molecule has 0 atom stereocenters. The quantitative estimate of drug-likeness (QED) is 0.846. The molecule has 0 aromatic heterocycles. The van der Waals surface area contributed by atoms with Gasteiger partial charge in [-0.25, -0.2) is 0 Å². The van der Waals surface area contributed by atoms with Gasteiger partial charge in [0, 0.05) is 24.6 Å². The molecule has 1 saturated carbocycles. The third-order valence-corrected chi connectivity index (χ3v) is 2.57. The second-order valence-electron chi connectivity index (χ2n) is 4.24. The van der Waals surface area contributed by atoms with Crippen molar-refractivity contribution in [2.75, 3.05) is 11.9 Å². The van der Waals surface area contributed by atoms with E-state index in [1.165, 1.54) is 6.92 Å². The zero-order valence-electron chi connectivity index (χ0n) is 9.73. The van der Waals surface area contributed by atoms with Crippen LogP contribution in [0.4, 0.5) is 5.69 Å². The van der Waals surface area contributed by atoms with E-state index in [0.717, 1.165) is 12.8 Å². The average Bonchev–Trinajstić information content (AvgIpc) is 3.09. The Morgan fingerprint density at radius 2 is 2.18 bits per heavy atom. The Morgan fingerprint density at radius 3 is 2.82 bits per heavy atom. The van der Waals surface area contributed by atoms with E-state index in [2.05, 4.69) is 5.32 Å². The molecule has 1 N–H and O–H groups in total. The Morgan fingerprint density at radius 1 is 1.41 bits per heavy atom. The van der Waals surface area contributed by atoms with Crippen molar-refractivity contribution in [1.29, 1.82) is 0 Å². The number of ether oxygens (including phenoxy) is 1. The van der Waals surface area contributed by atoms with Gasteiger partial charge in [0.15, 0.2) is 5.78 Å². The summed E-state index contributed by atoms with van der Waals surface area (Å²) in [7, 11) is 0. The van der Waals surface area contributed by atoms with E-state index in [9.17, 15) is 9.59 Å². The Hall–Kier alpha value is -1.84. The minimum atomic E-state index is -0.129. The number of amides is 1. The fourth-order valence-electron chi connectivity index (χ4n) is 1.54. The first-order chi connectivity index (χ1) is 8.15. The van der Waals surface area contributed by atoms with Crippen LogP contribution in [-0.4, -0.2) is 18.3 Å². The number of nitrogens with one attached hydrogen (secondary N) is 1. The first-order valence-corrected chi connectivity index (χ1v) is 5.68. The number of benzene rings is 1. The van der Waals surface area contributed by atoms with Gasteiger partial charge in [0.1, 0.15) is 12.4 Å². The third kappa shape index (κ3) is 3.59. The molecule has 2 rings (SSSR count). The Labute approximate surface area is 100.0 Å². The molecule has 1 fully saturated rings. The minimum absolute atomic E-state index is 0.119. The number of ketones is 1. The summed E-state index contributed by atoms with van der Waals surface area (Å²) in [5.74, 6) is 0.852. The molecular formula is C13H15NO3. The Kier molecular flexibility index (Phi) is 3.42. The van der Waals surface area contributed by atoms with Gasteiger partial charge in [-0.05, 0) is 25.0 Å². The van der Waals surface area contributed by atoms with E-state index < -0.39 is 0 Å². The number of carbonyl (C=O) groups is 2. The van der Waals surface area contributed by atoms with Crippen LogP contribution in [0.15, 0.2) is 24.3 Å². The van der Waals surface area contributed by atoms with Crippen LogP contribution >= 0.6 is 0 Å². The van der Waals surface area contributed by atoms with Crippen LogP contribution in [0.2, 0.25) is 0 Å². The molecule has 0 radical (unpaired) electrons. The fraction of sp³-hybridized carbons (Fsp3) is 0.385. The number of carbonyl (C=O) groups excluding carboxylic acids is 2. The summed E-state index contributed by atoms with van der Waals surface area (Å²) < 4.78 is 5.39. The van der Waals surface area contributed by atoms with Gasteiger partial charge in [0.05, 0.1) is 0 Å². The van der Waals surface area contributed by atoms with Crippen molar-refractivity contribution in [3.8, 4) is 5.75 Å². The maximum atomic E-state index is 11.4. The molecule has 1 amide bonds. The highest BCUT2D eigenvalue weighted by molar-refractivity contribution is 5.88. The van der Waals surface area contributed by atoms with Crippen LogP contribution in [0.3, 0.4) is 0 Å². The molecule has 0 unspecified atom stereocenters. The van der Waals surface area contributed by atoms with Crippen molar-refractivity contribution in [3.63, 3.8) is 0 Å². The molecule has 0 heterocycles. The van der Waals surface area contributed by atoms with Crippen LogP contribution in [0.1, 0.15) is 19.8 Å². The second kappa shape index (κ2) is 4.99. The smallest absolute Gasteiger partial charge is 0.221 e. The first kappa shape index (κ1) is 11.6. The predicted octanol–water partition coefficient (Wildman–Crippen LogP) is 2.00. The fourth-order valence-corrected chi connectivity index (χ4v) is 1.54. The van der Waals surface area contributed by atoms with Crippen molar-refractivity contribution >= 4 is 17.4 Å². The Balaban J connectivity index is 1.91. The van der Waals surface area contributed by atoms with Gasteiger partial charge in [0.2, 0.25) is 5.91 Å². The number of rotatable bonds is 5. The van der Waals surface area contributed by atoms with Gasteiger partial charge < -0.3 is 10.1 Å². The molecule has 0 saturated heterocycles. The summed E-state index contributed by atoms with van der Waals surface area (Å²) in [6.45, 7) is 1.57. The van der Waals surface area contributed by atoms with Gasteiger partial charge in [-0.2, -0.15) is 0 Å². The average molecular weight is 233 g/mol. The SMILES string of the molecule is CC(=O)Nc1cccc(OCC(=O)C2CC2)c1. The zero-order valence-corrected chi connectivity index (χ0v) is 9.73. The molecule has 1 aliphatic carbocycles. The maximum absolute atomic E-state index is 11.4. The van der Waals surface area contributed by atoms with Crippen LogP contribution in [0, 0.1) is 5.92 Å². The van der Waals surface area contributed by atoms with Gasteiger partial charge in [0.25, 0.3) is 0 Å². The maximum Gasteiger partial charge on any atom is 0.221 e. The van der Waals surface area contributed by atoms with Crippen molar-refractivity contribution in [2.45, 2.75) is 19.8 Å². The number of Topliss-reactive ketones (excluding diaryl/α,β-unsaturated/α-hetero) is 1. The summed E-state index contributed by atoms with van der Waals surface area (Å²) in [5, 5.41) is 2.66. The highest BCUT2D eigenvalue weighted by Gasteiger charge is 2.29. The van der Waals surface area contributed by atoms with Crippen LogP contribution in [-0.2, 0) is 9.59 Å². The molecule has 90 valence electrons. The monoisotopic (exact) mass is 233 g/mol. The van der Waals surface area contributed by atoms with E-state index >= 15 is 0 Å². The topological polar surface area (TPSA) is 55.4 Å². The molecule has 1 aromatic carbocycles. The lowest BCUT2D eigenvalue weighted by Crippen LogP contribution is -2.13. The van der Waals surface area contributed by atoms with Gasteiger partial charge in [-0.1, -0.05) is 6.07 Å². The third-order valence-electron chi connectivity index (χ3n) is 2.57. The lowest BCUT2D eigenvalue weighted by atomic mass is 10.2. The zero-order chi connectivity index (χ0) is 12.3. The highest BCUT2D eigenvalue weighted by Crippen LogP contribution is 2.30. The molecule has 1 aromatic rings. The summed E-state index contributed by atoms with van der Waals surface area (Å²) in [5.41, 5.74) is 0.675. The molecule has 17 heavy (non-hydrogen) atoms. The molecule has 4 heteroatoms. The summed E-state index contributed by atoms with van der Waals surface area (Å²) in [4.78, 5) is 22.3. The van der Waals surface area contributed by atoms with E-state index in [0.29, 0.717) is 11.4 Å². The van der Waals surface area contributed by atoms with Crippen molar-refractivity contribution < 1.29 is 14.3 Å². The van der Waals surface area contributed by atoms with Crippen molar-refractivity contribution in [2.24, 2.45) is 5.92 Å². The molecular weight excluding hydrogens is 218 g/mol. The molecule has 0 spiro atoms. The lowest BCUT2D eigenvalue weighted by Gasteiger charge is -2.07. The second-order valence-corrected chi connectivity index (χ2v) is 4.24. The van der Waals surface area contributed by atoms with E-state index in [1.807, 2.05) is 0 Å². The van der Waals surface area contributed by atoms with Crippen LogP contribution < -0.4 is 10.1 Å². The van der Waals surface area contributed by atoms with Crippen LogP contribution in [0.5, 0.6) is 5.75 Å². The predicted molar refractivity (Wildman–Crippen MR) is 64.0 cm³/mol. The van der Waals surface area contributed by atoms with E-state index in [1.54, 1.807) is 24.3 Å². The molecule has 1 aliphatic rings. The first-order valence-electron chi connectivity index (χ1n) is 5.68.